The van der Waals surface area contributed by atoms with Gasteiger partial charge < -0.3 is 61.6 Å². The minimum Gasteiger partial charge on any atom is -0.496 e. The van der Waals surface area contributed by atoms with Crippen LogP contribution in [0.4, 0.5) is 43.9 Å². The number of halogens is 10. The van der Waals surface area contributed by atoms with E-state index in [0.29, 0.717) is 121 Å². The number of methoxy groups -OCH3 is 4. The Labute approximate surface area is 792 Å². The molecule has 8 aromatic carbocycles. The predicted molar refractivity (Wildman–Crippen MR) is 515 cm³/mol. The van der Waals surface area contributed by atoms with Gasteiger partial charge >= 0.3 is 6.36 Å². The van der Waals surface area contributed by atoms with Crippen molar-refractivity contribution < 1.29 is 110 Å². The van der Waals surface area contributed by atoms with E-state index in [1.54, 1.807) is 40.6 Å². The third kappa shape index (κ3) is 37.1. The Morgan fingerprint density at radius 2 is 0.866 bits per heavy atom. The first-order valence-corrected chi connectivity index (χ1v) is 47.5. The normalized spacial score (nSPS) is 17.1. The van der Waals surface area contributed by atoms with Crippen LogP contribution in [0.5, 0.6) is 74.7 Å². The number of hydrogen-bond donors (Lipinski definition) is 0. The molecule has 744 valence electrons. The van der Waals surface area contributed by atoms with Gasteiger partial charge in [-0.05, 0) is 247 Å². The van der Waals surface area contributed by atoms with Crippen molar-refractivity contribution in [1.29, 1.82) is 0 Å². The van der Waals surface area contributed by atoms with Gasteiger partial charge in [-0.3, -0.25) is 4.74 Å². The van der Waals surface area contributed by atoms with Crippen molar-refractivity contribution in [3.63, 3.8) is 0 Å². The Kier molecular flexibility index (Phi) is 43.8. The number of alkyl halides is 10. The molecule has 0 N–H and O–H groups in total. The lowest BCUT2D eigenvalue weighted by Gasteiger charge is -2.34. The summed E-state index contributed by atoms with van der Waals surface area (Å²) in [7, 11) is 6.63. The van der Waals surface area contributed by atoms with E-state index in [-0.39, 0.29) is 37.9 Å². The lowest BCUT2D eigenvalue weighted by molar-refractivity contribution is -0.330. The van der Waals surface area contributed by atoms with E-state index in [1.807, 2.05) is 126 Å². The van der Waals surface area contributed by atoms with Crippen LogP contribution in [0.2, 0.25) is 0 Å². The minimum atomic E-state index is -4.65. The molecule has 4 fully saturated rings. The molecule has 0 radical (unpaired) electrons. The van der Waals surface area contributed by atoms with Crippen LogP contribution in [0.15, 0.2) is 146 Å². The van der Waals surface area contributed by atoms with Crippen molar-refractivity contribution in [2.45, 2.75) is 299 Å². The molecule has 14 rings (SSSR count). The molecule has 24 heteroatoms. The third-order valence-electron chi connectivity index (χ3n) is 23.8. The van der Waals surface area contributed by atoms with Gasteiger partial charge in [0, 0.05) is 50.5 Å². The molecule has 134 heavy (non-hydrogen) atoms. The highest BCUT2D eigenvalue weighted by Crippen LogP contribution is 2.51. The fourth-order valence-electron chi connectivity index (χ4n) is 14.9. The fraction of sp³-hybridized carbons (Fsp3) is 0.564. The summed E-state index contributed by atoms with van der Waals surface area (Å²) in [5.41, 5.74) is 13.2. The number of benzene rings is 8. The van der Waals surface area contributed by atoms with E-state index < -0.39 is 55.5 Å². The van der Waals surface area contributed by atoms with E-state index in [2.05, 4.69) is 150 Å². The minimum absolute atomic E-state index is 0.000216. The third-order valence-corrected chi connectivity index (χ3v) is 23.8. The maximum Gasteiger partial charge on any atom is 0.522 e. The van der Waals surface area contributed by atoms with Crippen molar-refractivity contribution in [3.05, 3.63) is 207 Å². The number of hydrogen-bond acceptors (Lipinski definition) is 14. The van der Waals surface area contributed by atoms with Gasteiger partial charge in [-0.25, -0.2) is 30.7 Å². The van der Waals surface area contributed by atoms with Gasteiger partial charge in [-0.2, -0.15) is 0 Å². The Balaban J connectivity index is 0.000000210. The zero-order chi connectivity index (χ0) is 99.1. The van der Waals surface area contributed by atoms with Crippen LogP contribution >= 0.6 is 0 Å². The average Bonchev–Trinajstić information content (AvgIpc) is 1.64. The van der Waals surface area contributed by atoms with Crippen molar-refractivity contribution in [2.24, 2.45) is 23.7 Å². The van der Waals surface area contributed by atoms with Gasteiger partial charge in [0.2, 0.25) is 5.92 Å². The molecule has 2 atom stereocenters. The predicted octanol–water partition coefficient (Wildman–Crippen LogP) is 30.7. The smallest absolute Gasteiger partial charge is 0.496 e. The molecule has 0 saturated heterocycles. The molecule has 0 bridgehead atoms. The molecule has 0 amide bonds. The molecular weight excluding hydrogens is 1740 g/mol. The van der Waals surface area contributed by atoms with E-state index in [1.165, 1.54) is 58.2 Å². The van der Waals surface area contributed by atoms with Gasteiger partial charge in [0.05, 0.1) is 74.2 Å². The Morgan fingerprint density at radius 3 is 1.28 bits per heavy atom. The molecule has 2 heterocycles. The lowest BCUT2D eigenvalue weighted by atomic mass is 9.82. The summed E-state index contributed by atoms with van der Waals surface area (Å²) in [6.07, 6.45) is 0.826. The van der Waals surface area contributed by atoms with Crippen LogP contribution in [0.3, 0.4) is 0 Å². The number of rotatable bonds is 32. The standard InChI is InChI=1S/C15H20F2O2.C15H20F2O.C15H21FO2.C15H22O2.C13H15F3O3.C13H18F2O.C13H20O2.C11H14O/c1-10(2)11-4-5-13(14(8-11)18-3)19-7-6-12-9-15(12,16)17;1-10(2)13-4-5-14(11(3)6-13)18-9-12-7-15(16,17)8-12;1-10(2)12-4-5-14(15(8-12)17-3)18-9-11-6-13(16)7-11;1-11(2)13-7-8-14(15(9-13)16-3)17-10-12-5-4-6-12;1-8(2)9-3-4-11-12(5-9)17-6-10(19-11)7-18-13(14,15)16;1-9(2)11-5-6-12(10(3)7-11)16-8-13(4,14)15;1-9(2)12-7-6-11(15-10(3)4)8-13(12)14-5;1-8(2)10-5-3-4-9-6-7-12-11(9)10/h4-5,8,10,12H,6-7,9H2,1-3H3;4-6,10,12H,7-9H2,1-3H3;4-5,8,10-11,13H,6-7,9H2,1-3H3;7-9,11-12H,4-6,10H2,1-3H3;3-5,8,10H,6-7H2,1-2H3;5-7,9H,8H2,1-4H3;6-10H,1-5H3;3-5,8H,6-7H2,1-2H3. The van der Waals surface area contributed by atoms with Crippen LogP contribution in [-0.2, 0) is 11.2 Å². The van der Waals surface area contributed by atoms with Crippen molar-refractivity contribution in [3.8, 4) is 74.7 Å². The number of para-hydroxylation sites is 1. The molecule has 4 aliphatic carbocycles. The summed E-state index contributed by atoms with van der Waals surface area (Å²) in [5, 5.41) is 0. The van der Waals surface area contributed by atoms with E-state index in [9.17, 15) is 43.9 Å². The quantitative estimate of drug-likeness (QED) is 0.0371. The van der Waals surface area contributed by atoms with Gasteiger partial charge in [0.1, 0.15) is 41.5 Å². The number of fused-ring (bicyclic) bond motifs is 2. The highest BCUT2D eigenvalue weighted by atomic mass is 19.4. The van der Waals surface area contributed by atoms with Gasteiger partial charge in [0.15, 0.2) is 58.7 Å². The molecular formula is C110H150F10O14. The zero-order valence-electron chi connectivity index (χ0n) is 83.7. The summed E-state index contributed by atoms with van der Waals surface area (Å²) in [5.74, 6) is 6.41. The molecule has 4 saturated carbocycles. The van der Waals surface area contributed by atoms with Crippen molar-refractivity contribution in [2.75, 3.05) is 81.3 Å². The molecule has 8 aromatic rings. The Morgan fingerprint density at radius 1 is 0.425 bits per heavy atom. The van der Waals surface area contributed by atoms with Gasteiger partial charge in [-0.15, -0.1) is 13.2 Å². The first-order chi connectivity index (χ1) is 63.1. The molecule has 6 aliphatic rings. The summed E-state index contributed by atoms with van der Waals surface area (Å²) >= 11 is 0. The largest absolute Gasteiger partial charge is 0.522 e. The van der Waals surface area contributed by atoms with Crippen molar-refractivity contribution >= 4 is 0 Å². The van der Waals surface area contributed by atoms with Crippen LogP contribution in [0.25, 0.3) is 0 Å². The van der Waals surface area contributed by atoms with E-state index in [0.717, 1.165) is 101 Å². The maximum absolute atomic E-state index is 12.7. The summed E-state index contributed by atoms with van der Waals surface area (Å²) in [6, 6.07) is 47.7. The van der Waals surface area contributed by atoms with Crippen LogP contribution in [0.1, 0.15) is 298 Å². The molecule has 2 unspecified atom stereocenters. The second-order valence-electron chi connectivity index (χ2n) is 38.5. The lowest BCUT2D eigenvalue weighted by Crippen LogP contribution is -2.38. The Bertz CT molecular complexity index is 4830. The second kappa shape index (κ2) is 52.7. The first-order valence-electron chi connectivity index (χ1n) is 47.5. The molecule has 2 aliphatic heterocycles. The number of aryl methyl sites for hydroxylation is 2. The summed E-state index contributed by atoms with van der Waals surface area (Å²) < 4.78 is 200. The molecule has 14 nitrogen and oxygen atoms in total. The average molecular weight is 1890 g/mol. The van der Waals surface area contributed by atoms with Gasteiger partial charge in [0.25, 0.3) is 11.8 Å². The van der Waals surface area contributed by atoms with E-state index >= 15 is 0 Å². The molecule has 0 aromatic heterocycles. The van der Waals surface area contributed by atoms with Crippen LogP contribution < -0.4 is 61.6 Å². The number of ether oxygens (including phenoxy) is 14. The van der Waals surface area contributed by atoms with Crippen LogP contribution in [0, 0.1) is 37.5 Å². The highest BCUT2D eigenvalue weighted by molar-refractivity contribution is 5.49. The second-order valence-corrected chi connectivity index (χ2v) is 38.5. The molecule has 0 spiro atoms. The fourth-order valence-corrected chi connectivity index (χ4v) is 14.9. The highest BCUT2D eigenvalue weighted by Gasteiger charge is 2.56. The monoisotopic (exact) mass is 1890 g/mol. The SMILES string of the molecule is CC(C)c1ccc2c(c1)OCC(COC(F)(F)F)O2.CC(C)c1cccc2c1OCC2.COc1cc(C(C)C)ccc1OCC1CC(F)C1.COc1cc(C(C)C)ccc1OCC1CCC1.COc1cc(C(C)C)ccc1OCCC1CC1(F)F.COc1cc(OC(C)C)ccc1C(C)C.Cc1cc(C(C)C)ccc1OCC(C)(F)F.Cc1cc(C(C)C)ccc1OCC1CC(F)(F)C1. The maximum atomic E-state index is 12.7. The van der Waals surface area contributed by atoms with Crippen molar-refractivity contribution in [1.82, 2.24) is 0 Å². The zero-order valence-corrected chi connectivity index (χ0v) is 83.7. The Hall–Kier alpha value is -9.58. The topological polar surface area (TPSA) is 129 Å². The first kappa shape index (κ1) is 111. The van der Waals surface area contributed by atoms with E-state index in [4.69, 9.17) is 61.6 Å². The van der Waals surface area contributed by atoms with Gasteiger partial charge in [-0.1, -0.05) is 190 Å². The summed E-state index contributed by atoms with van der Waals surface area (Å²) in [4.78, 5) is 0. The summed E-state index contributed by atoms with van der Waals surface area (Å²) in [6.45, 7) is 44.8. The van der Waals surface area contributed by atoms with Crippen LogP contribution in [-0.4, -0.2) is 124 Å².